The van der Waals surface area contributed by atoms with E-state index in [1.165, 1.54) is 0 Å². The Balaban J connectivity index is 1.99. The van der Waals surface area contributed by atoms with Crippen molar-refractivity contribution in [1.29, 1.82) is 0 Å². The lowest BCUT2D eigenvalue weighted by molar-refractivity contribution is 0.0455. The summed E-state index contributed by atoms with van der Waals surface area (Å²) in [5.74, 6) is 2.05. The second-order valence-corrected chi connectivity index (χ2v) is 4.95. The highest BCUT2D eigenvalue weighted by molar-refractivity contribution is 5.71. The first kappa shape index (κ1) is 10.7. The average Bonchev–Trinajstić information content (AvgIpc) is 2.72. The average molecular weight is 231 g/mol. The van der Waals surface area contributed by atoms with Crippen molar-refractivity contribution in [2.75, 3.05) is 13.2 Å². The van der Waals surface area contributed by atoms with Crippen LogP contribution in [0.5, 0.6) is 0 Å². The number of H-pyrrole nitrogens is 1. The smallest absolute Gasteiger partial charge is 0.177 e. The van der Waals surface area contributed by atoms with Crippen molar-refractivity contribution >= 4 is 11.2 Å². The van der Waals surface area contributed by atoms with Crippen molar-refractivity contribution in [3.63, 3.8) is 0 Å². The summed E-state index contributed by atoms with van der Waals surface area (Å²) in [6.07, 6.45) is 2.90. The minimum Gasteiger partial charge on any atom is -0.381 e. The number of aromatic amines is 1. The molecule has 0 saturated carbocycles. The molecule has 0 aromatic carbocycles. The number of hydrogen-bond donors (Lipinski definition) is 1. The molecular formula is C13H17N3O. The molecule has 2 atom stereocenters. The predicted octanol–water partition coefficient (Wildman–Crippen LogP) is 2.41. The third-order valence-corrected chi connectivity index (χ3v) is 3.48. The number of imidazole rings is 1. The van der Waals surface area contributed by atoms with Crippen molar-refractivity contribution in [3.05, 3.63) is 23.7 Å². The molecule has 0 amide bonds. The molecule has 1 saturated heterocycles. The highest BCUT2D eigenvalue weighted by Gasteiger charge is 2.26. The molecule has 90 valence electrons. The van der Waals surface area contributed by atoms with E-state index in [0.29, 0.717) is 11.8 Å². The van der Waals surface area contributed by atoms with Crippen molar-refractivity contribution in [1.82, 2.24) is 15.0 Å². The molecule has 0 aliphatic carbocycles. The van der Waals surface area contributed by atoms with Crippen LogP contribution in [0, 0.1) is 12.8 Å². The van der Waals surface area contributed by atoms with Crippen LogP contribution < -0.4 is 0 Å². The number of aryl methyl sites for hydroxylation is 1. The molecule has 3 heterocycles. The van der Waals surface area contributed by atoms with Crippen LogP contribution in [0.4, 0.5) is 0 Å². The Morgan fingerprint density at radius 1 is 1.47 bits per heavy atom. The summed E-state index contributed by atoms with van der Waals surface area (Å²) in [5, 5.41) is 0. The molecule has 3 rings (SSSR count). The van der Waals surface area contributed by atoms with Gasteiger partial charge in [0.05, 0.1) is 5.52 Å². The maximum atomic E-state index is 5.47. The molecule has 17 heavy (non-hydrogen) atoms. The summed E-state index contributed by atoms with van der Waals surface area (Å²) in [7, 11) is 0. The monoisotopic (exact) mass is 231 g/mol. The minimum atomic E-state index is 0.471. The van der Waals surface area contributed by atoms with E-state index in [9.17, 15) is 0 Å². The molecule has 2 aromatic rings. The van der Waals surface area contributed by atoms with E-state index < -0.39 is 0 Å². The second kappa shape index (κ2) is 4.11. The van der Waals surface area contributed by atoms with Crippen molar-refractivity contribution in [2.45, 2.75) is 26.2 Å². The SMILES string of the molecule is Cc1cnc2nc(C3CCOCC3C)[nH]c2c1. The Morgan fingerprint density at radius 3 is 3.18 bits per heavy atom. The van der Waals surface area contributed by atoms with Crippen LogP contribution in [0.15, 0.2) is 12.3 Å². The van der Waals surface area contributed by atoms with Gasteiger partial charge in [-0.25, -0.2) is 9.97 Å². The maximum Gasteiger partial charge on any atom is 0.177 e. The summed E-state index contributed by atoms with van der Waals surface area (Å²) in [6.45, 7) is 5.92. The van der Waals surface area contributed by atoms with E-state index in [1.807, 2.05) is 13.1 Å². The third-order valence-electron chi connectivity index (χ3n) is 3.48. The topological polar surface area (TPSA) is 50.8 Å². The van der Waals surface area contributed by atoms with Gasteiger partial charge < -0.3 is 9.72 Å². The van der Waals surface area contributed by atoms with E-state index >= 15 is 0 Å². The standard InChI is InChI=1S/C13H17N3O/c1-8-5-11-13(14-6-8)16-12(15-11)10-3-4-17-7-9(10)2/h5-6,9-10H,3-4,7H2,1-2H3,(H,14,15,16). The van der Waals surface area contributed by atoms with Crippen LogP contribution >= 0.6 is 0 Å². The zero-order valence-electron chi connectivity index (χ0n) is 10.2. The fraction of sp³-hybridized carbons (Fsp3) is 0.538. The van der Waals surface area contributed by atoms with Gasteiger partial charge in [-0.3, -0.25) is 0 Å². The molecule has 1 aliphatic heterocycles. The zero-order valence-corrected chi connectivity index (χ0v) is 10.2. The van der Waals surface area contributed by atoms with E-state index in [2.05, 4.69) is 27.9 Å². The molecule has 2 unspecified atom stereocenters. The lowest BCUT2D eigenvalue weighted by Gasteiger charge is -2.26. The highest BCUT2D eigenvalue weighted by atomic mass is 16.5. The number of rotatable bonds is 1. The van der Waals surface area contributed by atoms with Crippen LogP contribution in [-0.4, -0.2) is 28.2 Å². The number of nitrogens with one attached hydrogen (secondary N) is 1. The summed E-state index contributed by atoms with van der Waals surface area (Å²) in [5.41, 5.74) is 3.02. The number of aromatic nitrogens is 3. The third kappa shape index (κ3) is 1.93. The molecule has 0 spiro atoms. The first-order valence-corrected chi connectivity index (χ1v) is 6.14. The molecule has 1 N–H and O–H groups in total. The van der Waals surface area contributed by atoms with Crippen molar-refractivity contribution in [3.8, 4) is 0 Å². The molecule has 4 heteroatoms. The lowest BCUT2D eigenvalue weighted by Crippen LogP contribution is -2.24. The molecule has 0 radical (unpaired) electrons. The Kier molecular flexibility index (Phi) is 2.59. The molecule has 1 aliphatic rings. The highest BCUT2D eigenvalue weighted by Crippen LogP contribution is 2.30. The largest absolute Gasteiger partial charge is 0.381 e. The second-order valence-electron chi connectivity index (χ2n) is 4.95. The maximum absolute atomic E-state index is 5.47. The number of fused-ring (bicyclic) bond motifs is 1. The number of ether oxygens (including phenoxy) is 1. The van der Waals surface area contributed by atoms with Gasteiger partial charge in [0.1, 0.15) is 5.82 Å². The van der Waals surface area contributed by atoms with Crippen LogP contribution in [0.3, 0.4) is 0 Å². The lowest BCUT2D eigenvalue weighted by atomic mass is 9.89. The van der Waals surface area contributed by atoms with Gasteiger partial charge in [0, 0.05) is 25.3 Å². The normalized spacial score (nSPS) is 25.3. The Bertz CT molecular complexity index is 534. The number of hydrogen-bond acceptors (Lipinski definition) is 3. The van der Waals surface area contributed by atoms with Gasteiger partial charge >= 0.3 is 0 Å². The molecule has 2 aromatic heterocycles. The van der Waals surface area contributed by atoms with Crippen LogP contribution in [0.25, 0.3) is 11.2 Å². The van der Waals surface area contributed by atoms with Crippen molar-refractivity contribution in [2.24, 2.45) is 5.92 Å². The fourth-order valence-electron chi connectivity index (χ4n) is 2.49. The van der Waals surface area contributed by atoms with Gasteiger partial charge in [-0.05, 0) is 30.9 Å². The van der Waals surface area contributed by atoms with Crippen LogP contribution in [-0.2, 0) is 4.74 Å². The Morgan fingerprint density at radius 2 is 2.35 bits per heavy atom. The summed E-state index contributed by atoms with van der Waals surface area (Å²) >= 11 is 0. The molecule has 0 bridgehead atoms. The van der Waals surface area contributed by atoms with Crippen LogP contribution in [0.2, 0.25) is 0 Å². The number of pyridine rings is 1. The van der Waals surface area contributed by atoms with Gasteiger partial charge in [0.15, 0.2) is 5.65 Å². The van der Waals surface area contributed by atoms with E-state index in [0.717, 1.165) is 42.2 Å². The van der Waals surface area contributed by atoms with Gasteiger partial charge in [-0.15, -0.1) is 0 Å². The van der Waals surface area contributed by atoms with Crippen LogP contribution in [0.1, 0.15) is 30.7 Å². The van der Waals surface area contributed by atoms with Gasteiger partial charge in [0.25, 0.3) is 0 Å². The van der Waals surface area contributed by atoms with Gasteiger partial charge in [0.2, 0.25) is 0 Å². The van der Waals surface area contributed by atoms with Crippen molar-refractivity contribution < 1.29 is 4.74 Å². The van der Waals surface area contributed by atoms with E-state index in [-0.39, 0.29) is 0 Å². The number of nitrogens with zero attached hydrogens (tertiary/aromatic N) is 2. The Hall–Kier alpha value is -1.42. The summed E-state index contributed by atoms with van der Waals surface area (Å²) in [4.78, 5) is 12.4. The van der Waals surface area contributed by atoms with Gasteiger partial charge in [-0.1, -0.05) is 6.92 Å². The molecule has 1 fully saturated rings. The van der Waals surface area contributed by atoms with E-state index in [1.54, 1.807) is 0 Å². The minimum absolute atomic E-state index is 0.471. The Labute approximate surface area is 100 Å². The molecule has 4 nitrogen and oxygen atoms in total. The first-order valence-electron chi connectivity index (χ1n) is 6.14. The van der Waals surface area contributed by atoms with Gasteiger partial charge in [-0.2, -0.15) is 0 Å². The summed E-state index contributed by atoms with van der Waals surface area (Å²) < 4.78 is 5.47. The predicted molar refractivity (Wildman–Crippen MR) is 66.0 cm³/mol. The first-order chi connectivity index (χ1) is 8.24. The molecular weight excluding hydrogens is 214 g/mol. The quantitative estimate of drug-likeness (QED) is 0.820. The fourth-order valence-corrected chi connectivity index (χ4v) is 2.49. The summed E-state index contributed by atoms with van der Waals surface area (Å²) in [6, 6.07) is 2.10. The van der Waals surface area contributed by atoms with E-state index in [4.69, 9.17) is 4.74 Å². The zero-order chi connectivity index (χ0) is 11.8.